The first-order chi connectivity index (χ1) is 46.4. The van der Waals surface area contributed by atoms with Crippen LogP contribution in [0.25, 0.3) is 0 Å². The van der Waals surface area contributed by atoms with E-state index in [0.29, 0.717) is 17.8 Å². The predicted molar refractivity (Wildman–Crippen MR) is 390 cm³/mol. The Morgan fingerprint density at radius 1 is 0.427 bits per heavy atom. The van der Waals surface area contributed by atoms with Crippen LogP contribution in [0.1, 0.15) is 113 Å². The quantitative estimate of drug-likeness (QED) is 0.0362. The van der Waals surface area contributed by atoms with Gasteiger partial charge < -0.3 is 35.5 Å². The number of ether oxygens (including phenoxy) is 3. The van der Waals surface area contributed by atoms with E-state index in [4.69, 9.17) is 31.5 Å². The van der Waals surface area contributed by atoms with E-state index >= 15 is 0 Å². The lowest BCUT2D eigenvalue weighted by molar-refractivity contribution is -0.118. The summed E-state index contributed by atoms with van der Waals surface area (Å²) in [5.74, 6) is 0.248. The van der Waals surface area contributed by atoms with Crippen molar-refractivity contribution in [3.63, 3.8) is 0 Å². The maximum atomic E-state index is 13.5. The van der Waals surface area contributed by atoms with Crippen LogP contribution in [0.5, 0.6) is 0 Å². The Balaban J connectivity index is 0.000000154. The largest absolute Gasteiger partial charge is 0.447 e. The number of nitrogens with two attached hydrogens (primary N) is 1. The highest BCUT2D eigenvalue weighted by atomic mass is 35.5. The van der Waals surface area contributed by atoms with Gasteiger partial charge in [0.15, 0.2) is 0 Å². The van der Waals surface area contributed by atoms with E-state index in [-0.39, 0.29) is 42.4 Å². The highest BCUT2D eigenvalue weighted by molar-refractivity contribution is 6.20. The zero-order valence-corrected chi connectivity index (χ0v) is 57.1. The van der Waals surface area contributed by atoms with Gasteiger partial charge in [0.25, 0.3) is 0 Å². The minimum Gasteiger partial charge on any atom is -0.447 e. The van der Waals surface area contributed by atoms with Crippen molar-refractivity contribution < 1.29 is 38.2 Å². The van der Waals surface area contributed by atoms with Crippen LogP contribution in [0.15, 0.2) is 170 Å². The summed E-state index contributed by atoms with van der Waals surface area (Å²) in [6.45, 7) is 17.6. The zero-order valence-electron chi connectivity index (χ0n) is 56.4. The number of hydrogen-bond acceptors (Lipinski definition) is 12. The van der Waals surface area contributed by atoms with Crippen LogP contribution in [-0.2, 0) is 75.2 Å². The molecule has 0 spiro atoms. The van der Waals surface area contributed by atoms with Gasteiger partial charge in [0.05, 0.1) is 41.1 Å². The number of amides is 5. The van der Waals surface area contributed by atoms with Crippen molar-refractivity contribution in [2.24, 2.45) is 0 Å². The Bertz CT molecular complexity index is 4020. The summed E-state index contributed by atoms with van der Waals surface area (Å²) >= 11 is 5.84. The molecule has 0 aromatic heterocycles. The Hall–Kier alpha value is -9.84. The molecule has 0 atom stereocenters. The number of hydrogen-bond donors (Lipinski definition) is 6. The third-order valence-electron chi connectivity index (χ3n) is 16.7. The number of anilines is 12. The topological polar surface area (TPSA) is 209 Å². The Morgan fingerprint density at radius 3 is 1.18 bits per heavy atom. The van der Waals surface area contributed by atoms with Crippen molar-refractivity contribution in [2.75, 3.05) is 67.6 Å². The SMILES string of the molecule is CC(C)OC(=O)Nc1ccc2c(c1)N(C(=O)CCCl)c1ccccc1CC2.CC(C)OC(=O)Nc1ccc2c(c1)Nc1ccccc1CC2.CCN(CC)CCC(=O)N1c2ccccc2CCc2ccc(NC(=O)OC(C)C)cc21.Nc1ccc2c(c1)Nc1ccccc1CC2. The highest BCUT2D eigenvalue weighted by Gasteiger charge is 2.29. The highest BCUT2D eigenvalue weighted by Crippen LogP contribution is 2.41. The Morgan fingerprint density at radius 2 is 0.760 bits per heavy atom. The van der Waals surface area contributed by atoms with Crippen molar-refractivity contribution in [3.05, 3.63) is 214 Å². The summed E-state index contributed by atoms with van der Waals surface area (Å²) in [5, 5.41) is 15.2. The van der Waals surface area contributed by atoms with E-state index in [0.717, 1.165) is 144 Å². The van der Waals surface area contributed by atoms with Crippen LogP contribution in [0.2, 0.25) is 0 Å². The van der Waals surface area contributed by atoms with Crippen LogP contribution in [0.3, 0.4) is 0 Å². The lowest BCUT2D eigenvalue weighted by Crippen LogP contribution is -2.32. The summed E-state index contributed by atoms with van der Waals surface area (Å²) in [6.07, 6.45) is 6.19. The van der Waals surface area contributed by atoms with Gasteiger partial charge in [0, 0.05) is 70.8 Å². The molecule has 12 rings (SSSR count). The molecule has 17 nitrogen and oxygen atoms in total. The number of nitrogens with zero attached hydrogens (tertiary/aromatic N) is 3. The molecule has 4 aliphatic heterocycles. The molecule has 8 aromatic carbocycles. The number of aryl methyl sites for hydroxylation is 8. The third-order valence-corrected chi connectivity index (χ3v) is 16.9. The molecule has 0 saturated carbocycles. The molecule has 18 heteroatoms. The standard InChI is InChI=1S/C25H33N3O3.C21H23ClN2O3.C18H20N2O2.C14H14N2/c1-5-27(6-2)16-15-24(29)28-22-10-8-7-9-19(22)11-12-20-13-14-21(17-23(20)28)26-25(30)31-18(3)4;1-14(2)27-21(26)23-17-10-9-16-8-7-15-5-3-4-6-18(15)24(19(16)13-17)20(25)11-12-22;1-12(2)22-18(21)19-15-10-9-14-8-7-13-5-3-4-6-16(13)20-17(14)11-15;15-12-8-7-11-6-5-10-3-1-2-4-13(10)16-14(11)9-12/h7-10,13-14,17-18H,5-6,11-12,15-16H2,1-4H3,(H,26,30);3-6,9-10,13-14H,7-8,11-12H2,1-2H3,(H,23,26);3-6,9-12,20H,7-8H2,1-2H3,(H,19,21);1-4,7-9,16H,5-6,15H2. The monoisotopic (exact) mass is 1320 g/mol. The molecule has 0 saturated heterocycles. The van der Waals surface area contributed by atoms with E-state index < -0.39 is 18.3 Å². The predicted octanol–water partition coefficient (Wildman–Crippen LogP) is 17.8. The molecule has 0 radical (unpaired) electrons. The number of halogens is 1. The minimum absolute atomic E-state index is 0.0596. The summed E-state index contributed by atoms with van der Waals surface area (Å²) in [7, 11) is 0. The van der Waals surface area contributed by atoms with Gasteiger partial charge in [0.1, 0.15) is 0 Å². The summed E-state index contributed by atoms with van der Waals surface area (Å²) < 4.78 is 15.5. The number of benzene rings is 8. The Labute approximate surface area is 570 Å². The molecule has 4 aliphatic rings. The second-order valence-electron chi connectivity index (χ2n) is 24.7. The lowest BCUT2D eigenvalue weighted by Gasteiger charge is -2.27. The number of alkyl halides is 1. The number of fused-ring (bicyclic) bond motifs is 8. The fraction of sp³-hybridized carbons (Fsp3) is 0.321. The summed E-state index contributed by atoms with van der Waals surface area (Å²) in [4.78, 5) is 67.9. The van der Waals surface area contributed by atoms with Crippen LogP contribution < -0.4 is 42.1 Å². The van der Waals surface area contributed by atoms with Gasteiger partial charge in [-0.3, -0.25) is 35.3 Å². The molecule has 0 aliphatic carbocycles. The van der Waals surface area contributed by atoms with Crippen LogP contribution in [0.4, 0.5) is 82.6 Å². The fourth-order valence-electron chi connectivity index (χ4n) is 12.0. The second-order valence-corrected chi connectivity index (χ2v) is 25.1. The van der Waals surface area contributed by atoms with Crippen molar-refractivity contribution in [1.29, 1.82) is 0 Å². The minimum atomic E-state index is -0.516. The zero-order chi connectivity index (χ0) is 68.3. The smallest absolute Gasteiger partial charge is 0.411 e. The molecule has 8 aromatic rings. The summed E-state index contributed by atoms with van der Waals surface area (Å²) in [5.41, 5.74) is 26.2. The van der Waals surface area contributed by atoms with Gasteiger partial charge in [0.2, 0.25) is 11.8 Å². The van der Waals surface area contributed by atoms with Gasteiger partial charge >= 0.3 is 18.3 Å². The third kappa shape index (κ3) is 19.2. The van der Waals surface area contributed by atoms with Gasteiger partial charge in [-0.25, -0.2) is 14.4 Å². The van der Waals surface area contributed by atoms with Crippen molar-refractivity contribution in [3.8, 4) is 0 Å². The molecule has 0 unspecified atom stereocenters. The maximum Gasteiger partial charge on any atom is 0.411 e. The van der Waals surface area contributed by atoms with E-state index in [1.165, 1.54) is 27.9 Å². The van der Waals surface area contributed by atoms with Gasteiger partial charge in [-0.2, -0.15) is 0 Å². The van der Waals surface area contributed by atoms with Crippen LogP contribution in [0, 0.1) is 0 Å². The summed E-state index contributed by atoms with van der Waals surface area (Å²) in [6, 6.07) is 56.1. The molecule has 0 fully saturated rings. The molecule has 0 bridgehead atoms. The van der Waals surface area contributed by atoms with Crippen molar-refractivity contribution in [1.82, 2.24) is 4.90 Å². The first kappa shape index (κ1) is 70.5. The van der Waals surface area contributed by atoms with E-state index in [2.05, 4.69) is 106 Å². The molecular formula is C78H90ClN9O8. The van der Waals surface area contributed by atoms with Crippen LogP contribution in [-0.4, -0.2) is 78.8 Å². The first-order valence-electron chi connectivity index (χ1n) is 33.4. The van der Waals surface area contributed by atoms with Crippen molar-refractivity contribution >= 4 is 110 Å². The normalized spacial score (nSPS) is 12.9. The lowest BCUT2D eigenvalue weighted by atomic mass is 10.0. The molecular weight excluding hydrogens is 1230 g/mol. The van der Waals surface area contributed by atoms with E-state index in [1.807, 2.05) is 142 Å². The number of para-hydroxylation sites is 4. The number of carbonyl (C=O) groups excluding carboxylic acids is 5. The molecule has 5 amide bonds. The molecule has 502 valence electrons. The van der Waals surface area contributed by atoms with E-state index in [1.54, 1.807) is 18.7 Å². The molecule has 96 heavy (non-hydrogen) atoms. The average Bonchev–Trinajstić information content (AvgIpc) is 1.54. The van der Waals surface area contributed by atoms with Gasteiger partial charge in [-0.05, 0) is 223 Å². The average molecular weight is 1320 g/mol. The fourth-order valence-corrected chi connectivity index (χ4v) is 12.1. The number of carbonyl (C=O) groups is 5. The first-order valence-corrected chi connectivity index (χ1v) is 33.9. The number of nitrogens with one attached hydrogen (secondary N) is 5. The molecule has 4 heterocycles. The Kier molecular flexibility index (Phi) is 25.0. The molecule has 7 N–H and O–H groups in total. The number of nitrogen functional groups attached to an aromatic ring is 1. The second kappa shape index (κ2) is 34.0. The van der Waals surface area contributed by atoms with Gasteiger partial charge in [-0.1, -0.05) is 111 Å². The van der Waals surface area contributed by atoms with E-state index in [9.17, 15) is 24.0 Å². The maximum absolute atomic E-state index is 13.5. The van der Waals surface area contributed by atoms with Crippen molar-refractivity contribution in [2.45, 2.75) is 138 Å². The number of rotatable bonds is 13. The van der Waals surface area contributed by atoms with Gasteiger partial charge in [-0.15, -0.1) is 11.6 Å². The van der Waals surface area contributed by atoms with Crippen LogP contribution >= 0.6 is 11.6 Å².